The molecule has 3 rings (SSSR count). The standard InChI is InChI=1S/C36H51N7O10/c1-20-14-27(45)33(51)24(41(20)5)17-37-30(48)8-11-36(40-23(4)44,12-9-31(49)38-18-25-34(52)28(46)15-21(2)42(25)6)13-10-32(50)39-19-26-35(53)29(47)16-22(3)43(26)7/h14-15,22,51-53H,8-13,16-19H2,1-7H3,(H,37,48)(H,38,49)(H,39,50)(H,40,44). The Morgan fingerprint density at radius 1 is 0.736 bits per heavy atom. The van der Waals surface area contributed by atoms with Crippen LogP contribution in [0.15, 0.2) is 33.2 Å². The first-order chi connectivity index (χ1) is 24.8. The van der Waals surface area contributed by atoms with Gasteiger partial charge in [-0.2, -0.15) is 0 Å². The Morgan fingerprint density at radius 2 is 1.13 bits per heavy atom. The number of allylic oxidation sites excluding steroid dienone is 1. The van der Waals surface area contributed by atoms with Crippen molar-refractivity contribution in [3.05, 3.63) is 66.8 Å². The molecule has 2 aromatic rings. The highest BCUT2D eigenvalue weighted by Gasteiger charge is 2.34. The van der Waals surface area contributed by atoms with E-state index in [0.717, 1.165) is 0 Å². The Bertz CT molecular complexity index is 1820. The number of carbonyl (C=O) groups is 5. The number of aryl methyl sites for hydroxylation is 2. The topological polar surface area (TPSA) is 241 Å². The summed E-state index contributed by atoms with van der Waals surface area (Å²) in [4.78, 5) is 90.1. The van der Waals surface area contributed by atoms with Gasteiger partial charge in [-0.1, -0.05) is 0 Å². The van der Waals surface area contributed by atoms with Gasteiger partial charge in [-0.3, -0.25) is 33.6 Å². The van der Waals surface area contributed by atoms with Crippen LogP contribution < -0.4 is 32.1 Å². The fourth-order valence-corrected chi connectivity index (χ4v) is 6.25. The Morgan fingerprint density at radius 3 is 1.53 bits per heavy atom. The number of aliphatic hydroxyl groups excluding tert-OH is 1. The van der Waals surface area contributed by atoms with E-state index in [9.17, 15) is 48.9 Å². The molecule has 1 aliphatic heterocycles. The number of pyridine rings is 2. The first-order valence-corrected chi connectivity index (χ1v) is 17.3. The normalized spacial score (nSPS) is 14.6. The van der Waals surface area contributed by atoms with Crippen LogP contribution in [0.5, 0.6) is 11.5 Å². The van der Waals surface area contributed by atoms with Crippen LogP contribution in [0.2, 0.25) is 0 Å². The van der Waals surface area contributed by atoms with Crippen molar-refractivity contribution >= 4 is 29.4 Å². The van der Waals surface area contributed by atoms with Crippen molar-refractivity contribution in [2.75, 3.05) is 13.6 Å². The number of aliphatic hydroxyl groups is 1. The average molecular weight is 742 g/mol. The highest BCUT2D eigenvalue weighted by Crippen LogP contribution is 2.27. The van der Waals surface area contributed by atoms with Crippen molar-refractivity contribution in [1.82, 2.24) is 35.3 Å². The number of ketones is 1. The second-order valence-electron chi connectivity index (χ2n) is 13.7. The molecule has 3 heterocycles. The summed E-state index contributed by atoms with van der Waals surface area (Å²) in [6.45, 7) is 5.98. The zero-order valence-electron chi connectivity index (χ0n) is 31.3. The number of aromatic nitrogens is 2. The van der Waals surface area contributed by atoms with E-state index in [0.29, 0.717) is 11.4 Å². The summed E-state index contributed by atoms with van der Waals surface area (Å²) in [5, 5.41) is 41.8. The van der Waals surface area contributed by atoms with Gasteiger partial charge in [-0.15, -0.1) is 0 Å². The predicted molar refractivity (Wildman–Crippen MR) is 194 cm³/mol. The number of aromatic hydroxyl groups is 2. The van der Waals surface area contributed by atoms with Crippen molar-refractivity contribution in [3.63, 3.8) is 0 Å². The van der Waals surface area contributed by atoms with Gasteiger partial charge in [0.15, 0.2) is 17.3 Å². The third kappa shape index (κ3) is 10.7. The Balaban J connectivity index is 1.78. The third-order valence-electron chi connectivity index (χ3n) is 9.96. The summed E-state index contributed by atoms with van der Waals surface area (Å²) >= 11 is 0. The molecule has 1 unspecified atom stereocenters. The number of carbonyl (C=O) groups excluding carboxylic acids is 5. The number of nitrogens with one attached hydrogen (secondary N) is 4. The van der Waals surface area contributed by atoms with Gasteiger partial charge in [0, 0.05) is 88.9 Å². The number of Topliss-reactive ketones (excluding diaryl/α,β-unsaturated/α-hetero) is 1. The van der Waals surface area contributed by atoms with Crippen LogP contribution in [-0.2, 0) is 51.2 Å². The predicted octanol–water partition coefficient (Wildman–Crippen LogP) is 0.439. The molecule has 0 radical (unpaired) electrons. The number of rotatable bonds is 16. The molecule has 2 aromatic heterocycles. The summed E-state index contributed by atoms with van der Waals surface area (Å²) in [5.41, 5.74) is -0.630. The van der Waals surface area contributed by atoms with Gasteiger partial charge in [-0.25, -0.2) is 0 Å². The van der Waals surface area contributed by atoms with Crippen LogP contribution in [-0.4, -0.2) is 83.9 Å². The van der Waals surface area contributed by atoms with Crippen LogP contribution in [0.3, 0.4) is 0 Å². The lowest BCUT2D eigenvalue weighted by Gasteiger charge is -2.35. The molecule has 1 atom stereocenters. The lowest BCUT2D eigenvalue weighted by Crippen LogP contribution is -2.50. The molecule has 0 aromatic carbocycles. The molecule has 17 nitrogen and oxygen atoms in total. The lowest BCUT2D eigenvalue weighted by atomic mass is 9.83. The smallest absolute Gasteiger partial charge is 0.223 e. The maximum atomic E-state index is 13.1. The first kappa shape index (κ1) is 41.8. The van der Waals surface area contributed by atoms with Gasteiger partial charge in [0.05, 0.1) is 36.7 Å². The number of hydrogen-bond donors (Lipinski definition) is 7. The minimum Gasteiger partial charge on any atom is -0.503 e. The largest absolute Gasteiger partial charge is 0.503 e. The summed E-state index contributed by atoms with van der Waals surface area (Å²) in [7, 11) is 4.97. The maximum Gasteiger partial charge on any atom is 0.223 e. The maximum absolute atomic E-state index is 13.1. The number of hydrogen-bond acceptors (Lipinski definition) is 11. The Hall–Kier alpha value is -5.61. The molecule has 1 aliphatic rings. The highest BCUT2D eigenvalue weighted by atomic mass is 16.3. The quantitative estimate of drug-likeness (QED) is 0.125. The summed E-state index contributed by atoms with van der Waals surface area (Å²) < 4.78 is 3.14. The van der Waals surface area contributed by atoms with Gasteiger partial charge in [-0.05, 0) is 40.0 Å². The number of likely N-dealkylation sites (N-methyl/N-ethyl adjacent to an activating group) is 1. The summed E-state index contributed by atoms with van der Waals surface area (Å²) in [6.07, 6.45) is -0.394. The second kappa shape index (κ2) is 17.7. The van der Waals surface area contributed by atoms with Crippen molar-refractivity contribution < 1.29 is 39.3 Å². The molecule has 4 amide bonds. The van der Waals surface area contributed by atoms with Gasteiger partial charge in [0.25, 0.3) is 0 Å². The third-order valence-corrected chi connectivity index (χ3v) is 9.96. The molecule has 0 aliphatic carbocycles. The average Bonchev–Trinajstić information content (AvgIpc) is 3.09. The molecule has 7 N–H and O–H groups in total. The van der Waals surface area contributed by atoms with Crippen LogP contribution in [0.4, 0.5) is 0 Å². The van der Waals surface area contributed by atoms with Crippen molar-refractivity contribution in [2.24, 2.45) is 14.1 Å². The van der Waals surface area contributed by atoms with E-state index in [2.05, 4.69) is 21.3 Å². The van der Waals surface area contributed by atoms with E-state index < -0.39 is 63.1 Å². The van der Waals surface area contributed by atoms with Gasteiger partial charge >= 0.3 is 0 Å². The van der Waals surface area contributed by atoms with Crippen LogP contribution in [0, 0.1) is 13.8 Å². The molecule has 0 fully saturated rings. The van der Waals surface area contributed by atoms with E-state index in [1.807, 2.05) is 6.92 Å². The van der Waals surface area contributed by atoms with Crippen LogP contribution in [0.25, 0.3) is 0 Å². The molecule has 0 bridgehead atoms. The van der Waals surface area contributed by atoms with E-state index in [4.69, 9.17) is 0 Å². The lowest BCUT2D eigenvalue weighted by molar-refractivity contribution is -0.126. The summed E-state index contributed by atoms with van der Waals surface area (Å²) in [6, 6.07) is 2.36. The van der Waals surface area contributed by atoms with E-state index in [1.165, 1.54) is 19.1 Å². The molecule has 17 heteroatoms. The SMILES string of the molecule is CC(=O)NC(CCC(=O)NCC1=C(O)C(=O)CC(C)N1C)(CCC(=O)NCc1c(O)c(=O)cc(C)n1C)CCC(=O)NCc1c(O)c(=O)cc(C)n1C. The molecule has 290 valence electrons. The number of amides is 4. The minimum absolute atomic E-state index is 0.00445. The van der Waals surface area contributed by atoms with Crippen molar-refractivity contribution in [3.8, 4) is 11.5 Å². The fraction of sp³-hybridized carbons (Fsp3) is 0.528. The molecule has 0 spiro atoms. The molecule has 0 saturated carbocycles. The highest BCUT2D eigenvalue weighted by molar-refractivity contribution is 5.95. The summed E-state index contributed by atoms with van der Waals surface area (Å²) in [5.74, 6) is -3.77. The van der Waals surface area contributed by atoms with E-state index >= 15 is 0 Å². The second-order valence-corrected chi connectivity index (χ2v) is 13.7. The van der Waals surface area contributed by atoms with Gasteiger partial charge < -0.3 is 50.6 Å². The molecule has 0 saturated heterocycles. The zero-order chi connectivity index (χ0) is 39.8. The van der Waals surface area contributed by atoms with Gasteiger partial charge in [0.1, 0.15) is 0 Å². The molecular weight excluding hydrogens is 690 g/mol. The minimum atomic E-state index is -1.25. The molecular formula is C36H51N7O10. The Labute approximate surface area is 307 Å². The van der Waals surface area contributed by atoms with Gasteiger partial charge in [0.2, 0.25) is 40.3 Å². The fourth-order valence-electron chi connectivity index (χ4n) is 6.25. The van der Waals surface area contributed by atoms with E-state index in [-0.39, 0.29) is 87.7 Å². The van der Waals surface area contributed by atoms with Crippen molar-refractivity contribution in [2.45, 2.75) is 97.3 Å². The molecule has 53 heavy (non-hydrogen) atoms. The first-order valence-electron chi connectivity index (χ1n) is 17.3. The van der Waals surface area contributed by atoms with E-state index in [1.54, 1.807) is 49.0 Å². The Kier molecular flexibility index (Phi) is 14.0. The van der Waals surface area contributed by atoms with Crippen LogP contribution in [0.1, 0.15) is 81.6 Å². The van der Waals surface area contributed by atoms with Crippen molar-refractivity contribution in [1.29, 1.82) is 0 Å². The zero-order valence-corrected chi connectivity index (χ0v) is 31.3. The van der Waals surface area contributed by atoms with Crippen LogP contribution >= 0.6 is 0 Å². The monoisotopic (exact) mass is 741 g/mol. The number of nitrogens with zero attached hydrogens (tertiary/aromatic N) is 3.